The highest BCUT2D eigenvalue weighted by molar-refractivity contribution is 5.85. The van der Waals surface area contributed by atoms with E-state index >= 15 is 0 Å². The number of ether oxygens (including phenoxy) is 1. The van der Waals surface area contributed by atoms with Crippen LogP contribution >= 0.6 is 12.4 Å². The van der Waals surface area contributed by atoms with Gasteiger partial charge in [-0.3, -0.25) is 4.79 Å². The average molecular weight is 315 g/mol. The molecular weight excluding hydrogens is 288 g/mol. The third-order valence-electron chi connectivity index (χ3n) is 3.24. The first-order valence-corrected chi connectivity index (χ1v) is 7.21. The number of nitrogens with zero attached hydrogens (tertiary/aromatic N) is 1. The number of hydrogen-bond donors (Lipinski definition) is 1. The first kappa shape index (κ1) is 19.9. The van der Waals surface area contributed by atoms with Crippen LogP contribution in [-0.4, -0.2) is 51.2 Å². The molecule has 1 aromatic carbocycles. The summed E-state index contributed by atoms with van der Waals surface area (Å²) in [5.41, 5.74) is 1.36. The first-order valence-electron chi connectivity index (χ1n) is 7.21. The molecule has 0 aliphatic rings. The molecule has 1 amide bonds. The molecule has 0 unspecified atom stereocenters. The Hall–Kier alpha value is -1.10. The summed E-state index contributed by atoms with van der Waals surface area (Å²) in [4.78, 5) is 13.6. The van der Waals surface area contributed by atoms with Crippen LogP contribution in [0.4, 0.5) is 0 Å². The SMILES string of the molecule is COCCNCC(=O)N(C)CCCCc1ccccc1.Cl. The number of methoxy groups -OCH3 is 1. The minimum absolute atomic E-state index is 0. The fourth-order valence-electron chi connectivity index (χ4n) is 1.95. The van der Waals surface area contributed by atoms with E-state index in [0.717, 1.165) is 25.8 Å². The summed E-state index contributed by atoms with van der Waals surface area (Å²) in [5, 5.41) is 3.07. The van der Waals surface area contributed by atoms with E-state index in [-0.39, 0.29) is 18.3 Å². The van der Waals surface area contributed by atoms with E-state index in [2.05, 4.69) is 29.6 Å². The van der Waals surface area contributed by atoms with Crippen LogP contribution in [0.2, 0.25) is 0 Å². The lowest BCUT2D eigenvalue weighted by Gasteiger charge is -2.17. The van der Waals surface area contributed by atoms with Crippen molar-refractivity contribution in [1.82, 2.24) is 10.2 Å². The fourth-order valence-corrected chi connectivity index (χ4v) is 1.95. The van der Waals surface area contributed by atoms with Crippen molar-refractivity contribution in [2.24, 2.45) is 0 Å². The molecule has 21 heavy (non-hydrogen) atoms. The molecule has 0 aliphatic carbocycles. The summed E-state index contributed by atoms with van der Waals surface area (Å²) < 4.78 is 4.92. The van der Waals surface area contributed by atoms with Gasteiger partial charge in [0, 0.05) is 27.2 Å². The topological polar surface area (TPSA) is 41.6 Å². The van der Waals surface area contributed by atoms with Gasteiger partial charge in [-0.05, 0) is 24.8 Å². The summed E-state index contributed by atoms with van der Waals surface area (Å²) in [6.45, 7) is 2.55. The maximum absolute atomic E-state index is 11.8. The Morgan fingerprint density at radius 1 is 1.24 bits per heavy atom. The fraction of sp³-hybridized carbons (Fsp3) is 0.562. The van der Waals surface area contributed by atoms with Gasteiger partial charge in [0.15, 0.2) is 0 Å². The molecule has 0 aliphatic heterocycles. The number of rotatable bonds is 10. The van der Waals surface area contributed by atoms with Crippen LogP contribution in [0.15, 0.2) is 30.3 Å². The molecule has 0 fully saturated rings. The summed E-state index contributed by atoms with van der Waals surface area (Å²) in [6.07, 6.45) is 3.23. The number of aryl methyl sites for hydroxylation is 1. The van der Waals surface area contributed by atoms with Crippen LogP contribution in [-0.2, 0) is 16.0 Å². The van der Waals surface area contributed by atoms with Crippen LogP contribution in [0.25, 0.3) is 0 Å². The molecule has 4 nitrogen and oxygen atoms in total. The number of benzene rings is 1. The highest BCUT2D eigenvalue weighted by Gasteiger charge is 2.07. The molecule has 5 heteroatoms. The van der Waals surface area contributed by atoms with E-state index in [4.69, 9.17) is 4.74 Å². The zero-order chi connectivity index (χ0) is 14.6. The number of amides is 1. The molecular formula is C16H27ClN2O2. The van der Waals surface area contributed by atoms with Gasteiger partial charge in [0.05, 0.1) is 13.2 Å². The maximum atomic E-state index is 11.8. The Morgan fingerprint density at radius 3 is 2.62 bits per heavy atom. The minimum atomic E-state index is 0. The molecule has 0 saturated carbocycles. The van der Waals surface area contributed by atoms with Crippen LogP contribution in [0.1, 0.15) is 18.4 Å². The van der Waals surface area contributed by atoms with E-state index < -0.39 is 0 Å². The van der Waals surface area contributed by atoms with Gasteiger partial charge < -0.3 is 15.0 Å². The third-order valence-corrected chi connectivity index (χ3v) is 3.24. The Labute approximate surface area is 134 Å². The molecule has 0 aromatic heterocycles. The van der Waals surface area contributed by atoms with Crippen molar-refractivity contribution in [3.8, 4) is 0 Å². The molecule has 0 bridgehead atoms. The van der Waals surface area contributed by atoms with Gasteiger partial charge in [-0.2, -0.15) is 0 Å². The van der Waals surface area contributed by atoms with Crippen molar-refractivity contribution in [1.29, 1.82) is 0 Å². The predicted molar refractivity (Wildman–Crippen MR) is 89.0 cm³/mol. The van der Waals surface area contributed by atoms with E-state index in [0.29, 0.717) is 19.7 Å². The molecule has 1 N–H and O–H groups in total. The summed E-state index contributed by atoms with van der Waals surface area (Å²) >= 11 is 0. The normalized spacial score (nSPS) is 10.0. The van der Waals surface area contributed by atoms with Crippen molar-refractivity contribution >= 4 is 18.3 Å². The predicted octanol–water partition coefficient (Wildman–Crippen LogP) is 2.13. The zero-order valence-corrected chi connectivity index (χ0v) is 13.8. The van der Waals surface area contributed by atoms with Gasteiger partial charge in [-0.15, -0.1) is 12.4 Å². The van der Waals surface area contributed by atoms with Gasteiger partial charge in [0.25, 0.3) is 0 Å². The largest absolute Gasteiger partial charge is 0.383 e. The monoisotopic (exact) mass is 314 g/mol. The Morgan fingerprint density at radius 2 is 1.95 bits per heavy atom. The number of carbonyl (C=O) groups is 1. The van der Waals surface area contributed by atoms with Gasteiger partial charge >= 0.3 is 0 Å². The smallest absolute Gasteiger partial charge is 0.236 e. The van der Waals surface area contributed by atoms with Crippen LogP contribution in [0, 0.1) is 0 Å². The van der Waals surface area contributed by atoms with Gasteiger partial charge in [-0.1, -0.05) is 30.3 Å². The van der Waals surface area contributed by atoms with Crippen molar-refractivity contribution in [2.45, 2.75) is 19.3 Å². The van der Waals surface area contributed by atoms with Crippen LogP contribution < -0.4 is 5.32 Å². The molecule has 1 rings (SSSR count). The lowest BCUT2D eigenvalue weighted by atomic mass is 10.1. The molecule has 0 atom stereocenters. The molecule has 0 saturated heterocycles. The molecule has 1 aromatic rings. The first-order chi connectivity index (χ1) is 9.74. The van der Waals surface area contributed by atoms with E-state index in [1.807, 2.05) is 13.1 Å². The lowest BCUT2D eigenvalue weighted by Crippen LogP contribution is -2.37. The Kier molecular flexibility index (Phi) is 12.0. The maximum Gasteiger partial charge on any atom is 0.236 e. The quantitative estimate of drug-likeness (QED) is 0.673. The number of nitrogens with one attached hydrogen (secondary N) is 1. The number of carbonyl (C=O) groups excluding carboxylic acids is 1. The second kappa shape index (κ2) is 12.6. The molecule has 0 heterocycles. The summed E-state index contributed by atoms with van der Waals surface area (Å²) in [6, 6.07) is 10.5. The number of likely N-dealkylation sites (N-methyl/N-ethyl adjacent to an activating group) is 1. The third kappa shape index (κ3) is 9.45. The highest BCUT2D eigenvalue weighted by Crippen LogP contribution is 2.04. The van der Waals surface area contributed by atoms with Crippen LogP contribution in [0.3, 0.4) is 0 Å². The number of hydrogen-bond acceptors (Lipinski definition) is 3. The second-order valence-corrected chi connectivity index (χ2v) is 4.93. The van der Waals surface area contributed by atoms with E-state index in [1.54, 1.807) is 12.0 Å². The van der Waals surface area contributed by atoms with E-state index in [9.17, 15) is 4.79 Å². The van der Waals surface area contributed by atoms with Crippen molar-refractivity contribution < 1.29 is 9.53 Å². The standard InChI is InChI=1S/C16H26N2O2.ClH/c1-18(16(19)14-17-11-13-20-2)12-7-6-10-15-8-4-3-5-9-15;/h3-5,8-9,17H,6-7,10-14H2,1-2H3;1H. The molecule has 120 valence electrons. The minimum Gasteiger partial charge on any atom is -0.383 e. The van der Waals surface area contributed by atoms with Gasteiger partial charge in [-0.25, -0.2) is 0 Å². The summed E-state index contributed by atoms with van der Waals surface area (Å²) in [5.74, 6) is 0.140. The van der Waals surface area contributed by atoms with Crippen LogP contribution in [0.5, 0.6) is 0 Å². The summed E-state index contributed by atoms with van der Waals surface area (Å²) in [7, 11) is 3.52. The van der Waals surface area contributed by atoms with Gasteiger partial charge in [0.1, 0.15) is 0 Å². The van der Waals surface area contributed by atoms with Gasteiger partial charge in [0.2, 0.25) is 5.91 Å². The highest BCUT2D eigenvalue weighted by atomic mass is 35.5. The molecule has 0 spiro atoms. The molecule has 0 radical (unpaired) electrons. The van der Waals surface area contributed by atoms with Crippen molar-refractivity contribution in [3.63, 3.8) is 0 Å². The number of unbranched alkanes of at least 4 members (excludes halogenated alkanes) is 1. The zero-order valence-electron chi connectivity index (χ0n) is 13.0. The average Bonchev–Trinajstić information content (AvgIpc) is 2.48. The Bertz CT molecular complexity index is 374. The van der Waals surface area contributed by atoms with Crippen molar-refractivity contribution in [2.75, 3.05) is 40.4 Å². The Balaban J connectivity index is 0.00000400. The van der Waals surface area contributed by atoms with E-state index in [1.165, 1.54) is 5.56 Å². The number of halogens is 1. The second-order valence-electron chi connectivity index (χ2n) is 4.93. The van der Waals surface area contributed by atoms with Crippen molar-refractivity contribution in [3.05, 3.63) is 35.9 Å². The lowest BCUT2D eigenvalue weighted by molar-refractivity contribution is -0.129.